The molecule has 0 radical (unpaired) electrons. The first-order valence-electron chi connectivity index (χ1n) is 7.39. The van der Waals surface area contributed by atoms with Gasteiger partial charge in [0, 0.05) is 11.9 Å². The summed E-state index contributed by atoms with van der Waals surface area (Å²) in [5.41, 5.74) is 2.66. The molecule has 0 atom stereocenters. The number of para-hydroxylation sites is 1. The molecule has 1 rings (SSSR count). The molecule has 23 heavy (non-hydrogen) atoms. The maximum atomic E-state index is 12.3. The van der Waals surface area contributed by atoms with Crippen LogP contribution < -0.4 is 10.6 Å². The minimum atomic E-state index is -0.513. The van der Waals surface area contributed by atoms with Crippen LogP contribution in [0, 0.1) is 11.3 Å². The van der Waals surface area contributed by atoms with E-state index in [1.807, 2.05) is 38.1 Å². The summed E-state index contributed by atoms with van der Waals surface area (Å²) in [6.45, 7) is 3.90. The van der Waals surface area contributed by atoms with E-state index in [2.05, 4.69) is 15.4 Å². The summed E-state index contributed by atoms with van der Waals surface area (Å²) in [5, 5.41) is 14.5. The molecular weight excluding hydrogens is 294 g/mol. The zero-order chi connectivity index (χ0) is 17.2. The molecule has 0 saturated heterocycles. The fourth-order valence-electron chi connectivity index (χ4n) is 2.04. The number of rotatable bonds is 7. The monoisotopic (exact) mass is 315 g/mol. The third-order valence-electron chi connectivity index (χ3n) is 3.32. The fourth-order valence-corrected chi connectivity index (χ4v) is 2.04. The number of amides is 1. The van der Waals surface area contributed by atoms with Crippen LogP contribution in [-0.2, 0) is 27.2 Å². The van der Waals surface area contributed by atoms with Crippen molar-refractivity contribution in [3.8, 4) is 6.07 Å². The maximum Gasteiger partial charge on any atom is 0.325 e. The Morgan fingerprint density at radius 2 is 1.87 bits per heavy atom. The van der Waals surface area contributed by atoms with E-state index >= 15 is 0 Å². The van der Waals surface area contributed by atoms with Crippen molar-refractivity contribution >= 4 is 17.6 Å². The average molecular weight is 315 g/mol. The highest BCUT2D eigenvalue weighted by molar-refractivity contribution is 6.07. The lowest BCUT2D eigenvalue weighted by molar-refractivity contribution is -0.139. The Morgan fingerprint density at radius 1 is 1.26 bits per heavy atom. The highest BCUT2D eigenvalue weighted by Crippen LogP contribution is 2.23. The van der Waals surface area contributed by atoms with Crippen LogP contribution >= 0.6 is 0 Å². The molecule has 0 unspecified atom stereocenters. The van der Waals surface area contributed by atoms with Crippen molar-refractivity contribution in [3.05, 3.63) is 41.1 Å². The number of carbonyl (C=O) groups excluding carboxylic acids is 2. The number of methoxy groups -OCH3 is 1. The number of nitriles is 1. The highest BCUT2D eigenvalue weighted by atomic mass is 16.5. The van der Waals surface area contributed by atoms with Gasteiger partial charge in [-0.3, -0.25) is 9.59 Å². The van der Waals surface area contributed by atoms with E-state index in [9.17, 15) is 9.59 Å². The molecule has 0 aliphatic carbocycles. The molecule has 0 aliphatic rings. The Morgan fingerprint density at radius 3 is 2.35 bits per heavy atom. The molecule has 1 aromatic carbocycles. The van der Waals surface area contributed by atoms with E-state index in [4.69, 9.17) is 5.26 Å². The maximum absolute atomic E-state index is 12.3. The van der Waals surface area contributed by atoms with E-state index < -0.39 is 11.9 Å². The molecular formula is C17H21N3O3. The van der Waals surface area contributed by atoms with E-state index in [1.165, 1.54) is 13.3 Å². The minimum absolute atomic E-state index is 0.109. The summed E-state index contributed by atoms with van der Waals surface area (Å²) < 4.78 is 4.47. The van der Waals surface area contributed by atoms with Crippen LogP contribution in [0.2, 0.25) is 0 Å². The molecule has 0 heterocycles. The summed E-state index contributed by atoms with van der Waals surface area (Å²) in [7, 11) is 1.26. The number of hydrogen-bond donors (Lipinski definition) is 2. The molecule has 0 aromatic heterocycles. The molecule has 0 spiro atoms. The molecule has 0 saturated carbocycles. The lowest BCUT2D eigenvalue weighted by atomic mass is 10.0. The first-order valence-corrected chi connectivity index (χ1v) is 7.39. The van der Waals surface area contributed by atoms with Gasteiger partial charge in [-0.2, -0.15) is 5.26 Å². The molecule has 0 aliphatic heterocycles. The quantitative estimate of drug-likeness (QED) is 0.456. The summed E-state index contributed by atoms with van der Waals surface area (Å²) in [4.78, 5) is 23.3. The van der Waals surface area contributed by atoms with E-state index in [0.717, 1.165) is 29.7 Å². The zero-order valence-corrected chi connectivity index (χ0v) is 13.6. The second-order valence-electron chi connectivity index (χ2n) is 4.74. The van der Waals surface area contributed by atoms with Gasteiger partial charge in [0.25, 0.3) is 5.91 Å². The Bertz CT molecular complexity index is 623. The van der Waals surface area contributed by atoms with Crippen molar-refractivity contribution in [1.82, 2.24) is 5.32 Å². The number of esters is 1. The van der Waals surface area contributed by atoms with Crippen LogP contribution in [-0.4, -0.2) is 25.5 Å². The molecule has 6 heteroatoms. The van der Waals surface area contributed by atoms with Crippen LogP contribution in [0.1, 0.15) is 25.0 Å². The predicted octanol–water partition coefficient (Wildman–Crippen LogP) is 1.92. The first-order chi connectivity index (χ1) is 11.1. The molecule has 2 N–H and O–H groups in total. The molecule has 1 amide bonds. The highest BCUT2D eigenvalue weighted by Gasteiger charge is 2.14. The van der Waals surface area contributed by atoms with E-state index in [1.54, 1.807) is 0 Å². The molecule has 122 valence electrons. The summed E-state index contributed by atoms with van der Waals surface area (Å²) in [6, 6.07) is 7.66. The topological polar surface area (TPSA) is 91.2 Å². The third-order valence-corrected chi connectivity index (χ3v) is 3.32. The minimum Gasteiger partial charge on any atom is -0.468 e. The lowest BCUT2D eigenvalue weighted by Crippen LogP contribution is -2.22. The predicted molar refractivity (Wildman–Crippen MR) is 87.5 cm³/mol. The van der Waals surface area contributed by atoms with Crippen LogP contribution in [0.4, 0.5) is 5.69 Å². The molecule has 0 fully saturated rings. The van der Waals surface area contributed by atoms with Gasteiger partial charge in [0.2, 0.25) is 0 Å². The fraction of sp³-hybridized carbons (Fsp3) is 0.353. The number of nitrogens with zero attached hydrogens (tertiary/aromatic N) is 1. The van der Waals surface area contributed by atoms with Crippen molar-refractivity contribution in [2.45, 2.75) is 26.7 Å². The third kappa shape index (κ3) is 5.15. The summed E-state index contributed by atoms with van der Waals surface area (Å²) in [5.74, 6) is -0.996. The number of nitrogens with one attached hydrogen (secondary N) is 2. The van der Waals surface area contributed by atoms with Gasteiger partial charge in [-0.25, -0.2) is 0 Å². The number of benzene rings is 1. The molecule has 1 aromatic rings. The van der Waals surface area contributed by atoms with Crippen molar-refractivity contribution in [3.63, 3.8) is 0 Å². The Hall–Kier alpha value is -2.81. The van der Waals surface area contributed by atoms with Gasteiger partial charge in [-0.15, -0.1) is 0 Å². The Balaban J connectivity index is 2.91. The van der Waals surface area contributed by atoms with Crippen LogP contribution in [0.15, 0.2) is 30.0 Å². The second-order valence-corrected chi connectivity index (χ2v) is 4.74. The smallest absolute Gasteiger partial charge is 0.325 e. The number of carbonyl (C=O) groups is 2. The van der Waals surface area contributed by atoms with Gasteiger partial charge in [0.15, 0.2) is 0 Å². The summed E-state index contributed by atoms with van der Waals surface area (Å²) >= 11 is 0. The van der Waals surface area contributed by atoms with Gasteiger partial charge in [-0.05, 0) is 24.0 Å². The number of hydrogen-bond acceptors (Lipinski definition) is 5. The van der Waals surface area contributed by atoms with Gasteiger partial charge >= 0.3 is 5.97 Å². The standard InChI is InChI=1S/C17H21N3O3/c1-4-12-7-6-8-13(5-2)16(12)20-17(22)14(9-18)10-19-11-15(21)23-3/h6-8,10,19H,4-5,11H2,1-3H3,(H,20,22)/b14-10-. The van der Waals surface area contributed by atoms with Crippen molar-refractivity contribution in [1.29, 1.82) is 5.26 Å². The largest absolute Gasteiger partial charge is 0.468 e. The van der Waals surface area contributed by atoms with Crippen LogP contribution in [0.3, 0.4) is 0 Å². The van der Waals surface area contributed by atoms with Crippen molar-refractivity contribution in [2.75, 3.05) is 19.0 Å². The Kier molecular flexibility index (Phi) is 7.34. The Labute approximate surface area is 136 Å². The molecule has 6 nitrogen and oxygen atoms in total. The number of anilines is 1. The average Bonchev–Trinajstić information content (AvgIpc) is 2.58. The van der Waals surface area contributed by atoms with Crippen molar-refractivity contribution < 1.29 is 14.3 Å². The van der Waals surface area contributed by atoms with Crippen LogP contribution in [0.25, 0.3) is 0 Å². The van der Waals surface area contributed by atoms with E-state index in [-0.39, 0.29) is 12.1 Å². The van der Waals surface area contributed by atoms with Gasteiger partial charge in [0.1, 0.15) is 18.2 Å². The zero-order valence-electron chi connectivity index (χ0n) is 13.6. The number of aryl methyl sites for hydroxylation is 2. The second kappa shape index (κ2) is 9.26. The number of ether oxygens (including phenoxy) is 1. The summed E-state index contributed by atoms with van der Waals surface area (Å²) in [6.07, 6.45) is 2.76. The molecule has 0 bridgehead atoms. The normalized spacial score (nSPS) is 10.6. The lowest BCUT2D eigenvalue weighted by Gasteiger charge is -2.14. The van der Waals surface area contributed by atoms with Gasteiger partial charge in [0.05, 0.1) is 7.11 Å². The SMILES string of the molecule is CCc1cccc(CC)c1NC(=O)/C(C#N)=C\NCC(=O)OC. The van der Waals surface area contributed by atoms with Crippen molar-refractivity contribution in [2.24, 2.45) is 0 Å². The van der Waals surface area contributed by atoms with E-state index in [0.29, 0.717) is 0 Å². The van der Waals surface area contributed by atoms with Crippen LogP contribution in [0.5, 0.6) is 0 Å². The van der Waals surface area contributed by atoms with Gasteiger partial charge < -0.3 is 15.4 Å². The first kappa shape index (κ1) is 18.2. The van der Waals surface area contributed by atoms with Gasteiger partial charge in [-0.1, -0.05) is 32.0 Å².